The summed E-state index contributed by atoms with van der Waals surface area (Å²) in [4.78, 5) is 33.4. The molecular weight excluding hydrogens is 342 g/mol. The molecule has 1 amide bonds. The van der Waals surface area contributed by atoms with E-state index in [1.807, 2.05) is 32.2 Å². The summed E-state index contributed by atoms with van der Waals surface area (Å²) in [5, 5.41) is 3.01. The lowest BCUT2D eigenvalue weighted by Gasteiger charge is -2.34. The van der Waals surface area contributed by atoms with Crippen LogP contribution in [-0.2, 0) is 11.3 Å². The van der Waals surface area contributed by atoms with Crippen molar-refractivity contribution in [3.8, 4) is 0 Å². The van der Waals surface area contributed by atoms with E-state index in [9.17, 15) is 9.59 Å². The average Bonchev–Trinajstić information content (AvgIpc) is 2.64. The minimum Gasteiger partial charge on any atom is -0.353 e. The number of aromatic nitrogens is 2. The van der Waals surface area contributed by atoms with E-state index < -0.39 is 0 Å². The van der Waals surface area contributed by atoms with Gasteiger partial charge in [-0.1, -0.05) is 13.0 Å². The Morgan fingerprint density at radius 3 is 2.63 bits per heavy atom. The quantitative estimate of drug-likeness (QED) is 0.822. The minimum absolute atomic E-state index is 0.0425. The molecule has 1 saturated heterocycles. The van der Waals surface area contributed by atoms with Gasteiger partial charge < -0.3 is 5.32 Å². The third-order valence-electron chi connectivity index (χ3n) is 5.10. The maximum Gasteiger partial charge on any atom is 0.258 e. The van der Waals surface area contributed by atoms with Crippen molar-refractivity contribution in [3.05, 3.63) is 46.0 Å². The van der Waals surface area contributed by atoms with Crippen LogP contribution < -0.4 is 10.9 Å². The number of hydrogen-bond donors (Lipinski definition) is 1. The molecule has 1 aliphatic heterocycles. The number of pyridine rings is 1. The summed E-state index contributed by atoms with van der Waals surface area (Å²) in [6.45, 7) is 10.6. The molecule has 27 heavy (non-hydrogen) atoms. The number of nitrogens with one attached hydrogen (secondary N) is 1. The lowest BCUT2D eigenvalue weighted by atomic mass is 10.2. The highest BCUT2D eigenvalue weighted by molar-refractivity contribution is 5.78. The second-order valence-electron chi connectivity index (χ2n) is 7.45. The first-order chi connectivity index (χ1) is 12.9. The van der Waals surface area contributed by atoms with Gasteiger partial charge in [-0.15, -0.1) is 0 Å². The molecule has 1 aliphatic rings. The van der Waals surface area contributed by atoms with Crippen LogP contribution in [0.15, 0.2) is 29.2 Å². The van der Waals surface area contributed by atoms with Crippen molar-refractivity contribution in [2.45, 2.75) is 39.8 Å². The van der Waals surface area contributed by atoms with Crippen LogP contribution in [0.5, 0.6) is 0 Å². The Hall–Kier alpha value is -2.25. The molecule has 0 bridgehead atoms. The molecule has 3 heterocycles. The fourth-order valence-corrected chi connectivity index (χ4v) is 3.30. The van der Waals surface area contributed by atoms with Crippen molar-refractivity contribution in [2.24, 2.45) is 0 Å². The number of nitrogens with zero attached hydrogens (tertiary/aromatic N) is 4. The van der Waals surface area contributed by atoms with Crippen LogP contribution in [0.25, 0.3) is 5.65 Å². The van der Waals surface area contributed by atoms with Gasteiger partial charge >= 0.3 is 0 Å². The Morgan fingerprint density at radius 2 is 1.93 bits per heavy atom. The van der Waals surface area contributed by atoms with Gasteiger partial charge in [0.25, 0.3) is 5.56 Å². The van der Waals surface area contributed by atoms with Crippen LogP contribution in [0, 0.1) is 6.92 Å². The molecule has 1 atom stereocenters. The van der Waals surface area contributed by atoms with Gasteiger partial charge in [-0.3, -0.25) is 23.8 Å². The first kappa shape index (κ1) is 19.5. The molecule has 1 N–H and O–H groups in total. The third kappa shape index (κ3) is 5.14. The molecule has 2 aromatic heterocycles. The van der Waals surface area contributed by atoms with E-state index in [-0.39, 0.29) is 17.5 Å². The van der Waals surface area contributed by atoms with Crippen LogP contribution in [0.4, 0.5) is 0 Å². The van der Waals surface area contributed by atoms with Crippen LogP contribution >= 0.6 is 0 Å². The topological polar surface area (TPSA) is 70.0 Å². The van der Waals surface area contributed by atoms with Crippen molar-refractivity contribution in [3.63, 3.8) is 0 Å². The van der Waals surface area contributed by atoms with Crippen molar-refractivity contribution >= 4 is 11.6 Å². The summed E-state index contributed by atoms with van der Waals surface area (Å²) in [6, 6.07) is 5.70. The molecule has 0 spiro atoms. The fraction of sp³-hybridized carbons (Fsp3) is 0.550. The van der Waals surface area contributed by atoms with Gasteiger partial charge in [0.15, 0.2) is 0 Å². The second kappa shape index (κ2) is 8.63. The van der Waals surface area contributed by atoms with E-state index in [2.05, 4.69) is 27.0 Å². The SMILES string of the molecule is CC[C@H](C)NC(=O)CN1CCN(Cc2cc(=O)n3cc(C)ccc3n2)CC1. The molecule has 0 radical (unpaired) electrons. The molecule has 146 valence electrons. The maximum atomic E-state index is 12.3. The zero-order valence-electron chi connectivity index (χ0n) is 16.4. The molecular formula is C20H29N5O2. The van der Waals surface area contributed by atoms with Gasteiger partial charge in [0.2, 0.25) is 5.91 Å². The zero-order chi connectivity index (χ0) is 19.4. The standard InChI is InChI=1S/C20H29N5O2/c1-4-16(3)21-19(26)14-24-9-7-23(8-10-24)13-17-11-20(27)25-12-15(2)5-6-18(25)22-17/h5-6,11-12,16H,4,7-10,13-14H2,1-3H3,(H,21,26)/t16-/m0/s1. The predicted molar refractivity (Wildman–Crippen MR) is 106 cm³/mol. The first-order valence-corrected chi connectivity index (χ1v) is 9.67. The van der Waals surface area contributed by atoms with Gasteiger partial charge in [0.1, 0.15) is 5.65 Å². The van der Waals surface area contributed by atoms with Gasteiger partial charge in [-0.25, -0.2) is 4.98 Å². The Kier molecular flexibility index (Phi) is 6.23. The number of piperazine rings is 1. The van der Waals surface area contributed by atoms with E-state index in [4.69, 9.17) is 0 Å². The fourth-order valence-electron chi connectivity index (χ4n) is 3.30. The smallest absolute Gasteiger partial charge is 0.258 e. The molecule has 7 heteroatoms. The number of fused-ring (bicyclic) bond motifs is 1. The Bertz CT molecular complexity index is 855. The van der Waals surface area contributed by atoms with Gasteiger partial charge in [-0.2, -0.15) is 0 Å². The molecule has 0 saturated carbocycles. The van der Waals surface area contributed by atoms with Crippen LogP contribution in [0.3, 0.4) is 0 Å². The number of rotatable bonds is 6. The number of carbonyl (C=O) groups excluding carboxylic acids is 1. The largest absolute Gasteiger partial charge is 0.353 e. The van der Waals surface area contributed by atoms with Crippen molar-refractivity contribution in [2.75, 3.05) is 32.7 Å². The zero-order valence-corrected chi connectivity index (χ0v) is 16.4. The summed E-state index contributed by atoms with van der Waals surface area (Å²) in [7, 11) is 0. The van der Waals surface area contributed by atoms with Gasteiger partial charge in [0, 0.05) is 51.0 Å². The van der Waals surface area contributed by atoms with E-state index in [0.717, 1.165) is 43.9 Å². The van der Waals surface area contributed by atoms with Gasteiger partial charge in [-0.05, 0) is 31.9 Å². The molecule has 0 aromatic carbocycles. The molecule has 0 unspecified atom stereocenters. The lowest BCUT2D eigenvalue weighted by molar-refractivity contribution is -0.123. The number of amides is 1. The second-order valence-corrected chi connectivity index (χ2v) is 7.45. The minimum atomic E-state index is -0.0425. The Labute approximate surface area is 160 Å². The molecule has 7 nitrogen and oxygen atoms in total. The van der Waals surface area contributed by atoms with E-state index in [0.29, 0.717) is 18.7 Å². The molecule has 3 rings (SSSR count). The lowest BCUT2D eigenvalue weighted by Crippen LogP contribution is -2.50. The molecule has 2 aromatic rings. The Balaban J connectivity index is 1.55. The number of carbonyl (C=O) groups is 1. The maximum absolute atomic E-state index is 12.3. The van der Waals surface area contributed by atoms with Crippen molar-refractivity contribution in [1.82, 2.24) is 24.5 Å². The van der Waals surface area contributed by atoms with Crippen LogP contribution in [-0.4, -0.2) is 63.9 Å². The highest BCUT2D eigenvalue weighted by atomic mass is 16.2. The summed E-state index contributed by atoms with van der Waals surface area (Å²) in [5.74, 6) is 0.0947. The normalized spacial score (nSPS) is 17.1. The number of hydrogen-bond acceptors (Lipinski definition) is 5. The van der Waals surface area contributed by atoms with E-state index in [1.165, 1.54) is 0 Å². The highest BCUT2D eigenvalue weighted by Gasteiger charge is 2.20. The first-order valence-electron chi connectivity index (χ1n) is 9.67. The third-order valence-corrected chi connectivity index (χ3v) is 5.10. The van der Waals surface area contributed by atoms with E-state index >= 15 is 0 Å². The molecule has 1 fully saturated rings. The van der Waals surface area contributed by atoms with Crippen LogP contribution in [0.1, 0.15) is 31.5 Å². The Morgan fingerprint density at radius 1 is 1.22 bits per heavy atom. The summed E-state index contributed by atoms with van der Waals surface area (Å²) in [5.41, 5.74) is 2.47. The highest BCUT2D eigenvalue weighted by Crippen LogP contribution is 2.08. The van der Waals surface area contributed by atoms with E-state index in [1.54, 1.807) is 10.5 Å². The van der Waals surface area contributed by atoms with Crippen molar-refractivity contribution in [1.29, 1.82) is 0 Å². The van der Waals surface area contributed by atoms with Crippen molar-refractivity contribution < 1.29 is 4.79 Å². The predicted octanol–water partition coefficient (Wildman–Crippen LogP) is 1.04. The monoisotopic (exact) mass is 371 g/mol. The summed E-state index contributed by atoms with van der Waals surface area (Å²) < 4.78 is 1.59. The summed E-state index contributed by atoms with van der Waals surface area (Å²) in [6.07, 6.45) is 2.76. The summed E-state index contributed by atoms with van der Waals surface area (Å²) >= 11 is 0. The van der Waals surface area contributed by atoms with Crippen LogP contribution in [0.2, 0.25) is 0 Å². The average molecular weight is 371 g/mol. The number of aryl methyl sites for hydroxylation is 1. The molecule has 0 aliphatic carbocycles. The van der Waals surface area contributed by atoms with Gasteiger partial charge in [0.05, 0.1) is 12.2 Å².